The van der Waals surface area contributed by atoms with Crippen molar-refractivity contribution in [1.29, 1.82) is 0 Å². The van der Waals surface area contributed by atoms with E-state index in [0.717, 1.165) is 0 Å². The second-order valence-electron chi connectivity index (χ2n) is 6.82. The van der Waals surface area contributed by atoms with E-state index in [9.17, 15) is 13.2 Å². The van der Waals surface area contributed by atoms with Crippen LogP contribution in [-0.4, -0.2) is 14.8 Å². The molecule has 0 amide bonds. The Morgan fingerprint density at radius 2 is 1.63 bits per heavy atom. The van der Waals surface area contributed by atoms with Crippen LogP contribution in [0.5, 0.6) is 5.75 Å². The molecule has 0 saturated heterocycles. The van der Waals surface area contributed by atoms with Crippen molar-refractivity contribution >= 4 is 5.69 Å². The number of halogens is 3. The lowest BCUT2D eigenvalue weighted by molar-refractivity contribution is 0.0836. The average Bonchev–Trinajstić information content (AvgIpc) is 2.93. The van der Waals surface area contributed by atoms with Gasteiger partial charge in [-0.1, -0.05) is 0 Å². The smallest absolute Gasteiger partial charge is 0.192 e. The first-order valence-corrected chi connectivity index (χ1v) is 8.20. The summed E-state index contributed by atoms with van der Waals surface area (Å²) in [6, 6.07) is 6.58. The van der Waals surface area contributed by atoms with Gasteiger partial charge in [0.2, 0.25) is 0 Å². The van der Waals surface area contributed by atoms with Crippen molar-refractivity contribution < 1.29 is 17.9 Å². The zero-order valence-electron chi connectivity index (χ0n) is 15.3. The summed E-state index contributed by atoms with van der Waals surface area (Å²) in [6.45, 7) is 4.77. The third-order valence-corrected chi connectivity index (χ3v) is 4.15. The Morgan fingerprint density at radius 1 is 1.00 bits per heavy atom. The third kappa shape index (κ3) is 3.47. The molecule has 27 heavy (non-hydrogen) atoms. The highest BCUT2D eigenvalue weighted by Gasteiger charge is 2.32. The molecule has 0 spiro atoms. The minimum Gasteiger partial charge on any atom is -0.474 e. The van der Waals surface area contributed by atoms with Crippen LogP contribution in [0.3, 0.4) is 0 Å². The van der Waals surface area contributed by atoms with Crippen LogP contribution in [0.2, 0.25) is 0 Å². The number of rotatable bonds is 4. The number of nitrogen functional groups attached to an aromatic ring is 1. The molecule has 1 aromatic heterocycles. The molecule has 0 bridgehead atoms. The van der Waals surface area contributed by atoms with Crippen LogP contribution in [0.4, 0.5) is 18.9 Å². The molecule has 2 N–H and O–H groups in total. The molecule has 2 aromatic carbocycles. The summed E-state index contributed by atoms with van der Waals surface area (Å²) < 4.78 is 49.6. The molecule has 1 heterocycles. The number of aromatic nitrogens is 3. The lowest BCUT2D eigenvalue weighted by Crippen LogP contribution is -2.30. The van der Waals surface area contributed by atoms with Crippen molar-refractivity contribution in [3.63, 3.8) is 0 Å². The van der Waals surface area contributed by atoms with Crippen molar-refractivity contribution in [1.82, 2.24) is 14.8 Å². The topological polar surface area (TPSA) is 66.0 Å². The van der Waals surface area contributed by atoms with Crippen molar-refractivity contribution in [2.45, 2.75) is 26.4 Å². The predicted octanol–water partition coefficient (Wildman–Crippen LogP) is 4.10. The Labute approximate surface area is 154 Å². The van der Waals surface area contributed by atoms with Gasteiger partial charge in [0.1, 0.15) is 5.82 Å². The first-order chi connectivity index (χ1) is 12.6. The molecule has 3 aromatic rings. The molecular formula is C19H19F3N4O. The molecule has 5 nitrogen and oxygen atoms in total. The van der Waals surface area contributed by atoms with Crippen LogP contribution in [0.25, 0.3) is 11.4 Å². The highest BCUT2D eigenvalue weighted by molar-refractivity contribution is 5.60. The van der Waals surface area contributed by atoms with Gasteiger partial charge < -0.3 is 15.0 Å². The van der Waals surface area contributed by atoms with Crippen molar-refractivity contribution in [3.8, 4) is 17.1 Å². The monoisotopic (exact) mass is 376 g/mol. The van der Waals surface area contributed by atoms with Gasteiger partial charge in [-0.05, 0) is 56.7 Å². The van der Waals surface area contributed by atoms with Crippen LogP contribution in [0.1, 0.15) is 25.2 Å². The summed E-state index contributed by atoms with van der Waals surface area (Å²) in [5.74, 6) is -2.17. The first kappa shape index (κ1) is 18.8. The van der Waals surface area contributed by atoms with E-state index < -0.39 is 28.8 Å². The molecule has 0 fully saturated rings. The number of nitrogens with two attached hydrogens (primary N) is 1. The second-order valence-corrected chi connectivity index (χ2v) is 6.82. The van der Waals surface area contributed by atoms with Crippen LogP contribution in [-0.2, 0) is 12.6 Å². The van der Waals surface area contributed by atoms with Gasteiger partial charge in [-0.25, -0.2) is 13.2 Å². The number of anilines is 1. The van der Waals surface area contributed by atoms with E-state index in [0.29, 0.717) is 5.56 Å². The quantitative estimate of drug-likeness (QED) is 0.696. The molecule has 8 heteroatoms. The van der Waals surface area contributed by atoms with Gasteiger partial charge in [-0.15, -0.1) is 10.2 Å². The molecule has 142 valence electrons. The van der Waals surface area contributed by atoms with Crippen LogP contribution in [0.15, 0.2) is 30.3 Å². The summed E-state index contributed by atoms with van der Waals surface area (Å²) >= 11 is 0. The SMILES string of the molecule is Cc1cc(F)c(OC(C)(C)c2nnc(-c3ccc(N)cc3F)n2C)c(F)c1. The maximum absolute atomic E-state index is 14.2. The highest BCUT2D eigenvalue weighted by Crippen LogP contribution is 2.33. The highest BCUT2D eigenvalue weighted by atomic mass is 19.1. The number of hydrogen-bond donors (Lipinski definition) is 1. The minimum atomic E-state index is -1.23. The zero-order valence-corrected chi connectivity index (χ0v) is 15.3. The van der Waals surface area contributed by atoms with E-state index in [-0.39, 0.29) is 22.9 Å². The molecule has 0 radical (unpaired) electrons. The largest absolute Gasteiger partial charge is 0.474 e. The maximum Gasteiger partial charge on any atom is 0.192 e. The molecule has 0 unspecified atom stereocenters. The van der Waals surface area contributed by atoms with E-state index in [2.05, 4.69) is 10.2 Å². The Balaban J connectivity index is 2.00. The van der Waals surface area contributed by atoms with Crippen LogP contribution >= 0.6 is 0 Å². The number of benzene rings is 2. The number of ether oxygens (including phenoxy) is 1. The molecule has 3 rings (SSSR count). The Hall–Kier alpha value is -3.03. The van der Waals surface area contributed by atoms with E-state index >= 15 is 0 Å². The van der Waals surface area contributed by atoms with Crippen LogP contribution < -0.4 is 10.5 Å². The fourth-order valence-corrected chi connectivity index (χ4v) is 2.89. The molecular weight excluding hydrogens is 357 g/mol. The minimum absolute atomic E-state index is 0.203. The van der Waals surface area contributed by atoms with Gasteiger partial charge in [0, 0.05) is 12.7 Å². The zero-order chi connectivity index (χ0) is 19.9. The molecule has 0 saturated carbocycles. The van der Waals surface area contributed by atoms with Gasteiger partial charge in [-0.2, -0.15) is 0 Å². The standard InChI is InChI=1S/C19H19F3N4O/c1-10-7-14(21)16(15(22)8-10)27-19(2,3)18-25-24-17(26(18)4)12-6-5-11(23)9-13(12)20/h5-9H,23H2,1-4H3. The van der Waals surface area contributed by atoms with E-state index in [1.807, 2.05) is 0 Å². The van der Waals surface area contributed by atoms with Gasteiger partial charge in [0.05, 0.1) is 5.56 Å². The Kier molecular flexibility index (Phi) is 4.59. The van der Waals surface area contributed by atoms with Crippen molar-refractivity contribution in [2.24, 2.45) is 7.05 Å². The maximum atomic E-state index is 14.2. The number of nitrogens with zero attached hydrogens (tertiary/aromatic N) is 3. The van der Waals surface area contributed by atoms with E-state index in [4.69, 9.17) is 10.5 Å². The number of aryl methyl sites for hydroxylation is 1. The second kappa shape index (κ2) is 6.61. The van der Waals surface area contributed by atoms with Crippen molar-refractivity contribution in [3.05, 3.63) is 59.2 Å². The van der Waals surface area contributed by atoms with Gasteiger partial charge in [0.25, 0.3) is 0 Å². The first-order valence-electron chi connectivity index (χ1n) is 8.20. The molecule has 0 aliphatic carbocycles. The lowest BCUT2D eigenvalue weighted by atomic mass is 10.1. The normalized spacial score (nSPS) is 11.7. The molecule has 0 atom stereocenters. The van der Waals surface area contributed by atoms with E-state index in [1.165, 1.54) is 28.8 Å². The van der Waals surface area contributed by atoms with Gasteiger partial charge in [-0.3, -0.25) is 0 Å². The lowest BCUT2D eigenvalue weighted by Gasteiger charge is -2.26. The number of hydrogen-bond acceptors (Lipinski definition) is 4. The fraction of sp³-hybridized carbons (Fsp3) is 0.263. The summed E-state index contributed by atoms with van der Waals surface area (Å²) in [6.07, 6.45) is 0. The summed E-state index contributed by atoms with van der Waals surface area (Å²) in [4.78, 5) is 0. The van der Waals surface area contributed by atoms with Gasteiger partial charge in [0.15, 0.2) is 34.6 Å². The fourth-order valence-electron chi connectivity index (χ4n) is 2.89. The predicted molar refractivity (Wildman–Crippen MR) is 95.6 cm³/mol. The molecule has 0 aliphatic rings. The summed E-state index contributed by atoms with van der Waals surface area (Å²) in [5, 5.41) is 8.05. The summed E-state index contributed by atoms with van der Waals surface area (Å²) in [5.41, 5.74) is 5.26. The third-order valence-electron chi connectivity index (χ3n) is 4.15. The van der Waals surface area contributed by atoms with Crippen LogP contribution in [0, 0.1) is 24.4 Å². The Morgan fingerprint density at radius 3 is 2.22 bits per heavy atom. The van der Waals surface area contributed by atoms with Gasteiger partial charge >= 0.3 is 0 Å². The summed E-state index contributed by atoms with van der Waals surface area (Å²) in [7, 11) is 1.62. The Bertz CT molecular complexity index is 991. The van der Waals surface area contributed by atoms with Crippen molar-refractivity contribution in [2.75, 3.05) is 5.73 Å². The molecule has 0 aliphatic heterocycles. The van der Waals surface area contributed by atoms with E-state index in [1.54, 1.807) is 33.9 Å². The average molecular weight is 376 g/mol.